The van der Waals surface area contributed by atoms with Gasteiger partial charge in [0.25, 0.3) is 5.56 Å². The molecule has 3 rings (SSSR count). The molecular weight excluding hydrogens is 274 g/mol. The number of aromatic amines is 1. The first-order chi connectivity index (χ1) is 9.69. The average molecular weight is 286 g/mol. The lowest BCUT2D eigenvalue weighted by Gasteiger charge is -2.08. The molecule has 0 atom stereocenters. The summed E-state index contributed by atoms with van der Waals surface area (Å²) in [7, 11) is 1.59. The third-order valence-corrected chi connectivity index (χ3v) is 3.44. The molecule has 4 heteroatoms. The molecule has 0 fully saturated rings. The molecule has 0 aliphatic carbocycles. The Labute approximate surface area is 120 Å². The fraction of sp³-hybridized carbons (Fsp3) is 0.0625. The maximum atomic E-state index is 12.3. The van der Waals surface area contributed by atoms with Crippen LogP contribution in [-0.2, 0) is 0 Å². The molecule has 2 aromatic carbocycles. The van der Waals surface area contributed by atoms with Gasteiger partial charge in [-0.15, -0.1) is 0 Å². The average Bonchev–Trinajstić information content (AvgIpc) is 2.46. The van der Waals surface area contributed by atoms with Crippen molar-refractivity contribution in [3.05, 3.63) is 63.9 Å². The van der Waals surface area contributed by atoms with Gasteiger partial charge >= 0.3 is 0 Å². The number of aromatic nitrogens is 1. The minimum atomic E-state index is -0.163. The molecule has 100 valence electrons. The Morgan fingerprint density at radius 1 is 1.05 bits per heavy atom. The highest BCUT2D eigenvalue weighted by Gasteiger charge is 2.10. The van der Waals surface area contributed by atoms with Crippen LogP contribution in [0.1, 0.15) is 0 Å². The Balaban J connectivity index is 2.29. The lowest BCUT2D eigenvalue weighted by atomic mass is 10.0. The van der Waals surface area contributed by atoms with Gasteiger partial charge in [-0.25, -0.2) is 0 Å². The SMILES string of the molecule is COc1ccccc1-c1cc2ccc(Cl)cc2[nH]c1=O. The highest BCUT2D eigenvalue weighted by atomic mass is 35.5. The minimum Gasteiger partial charge on any atom is -0.496 e. The van der Waals surface area contributed by atoms with Crippen LogP contribution >= 0.6 is 11.6 Å². The molecule has 0 spiro atoms. The number of methoxy groups -OCH3 is 1. The van der Waals surface area contributed by atoms with Crippen molar-refractivity contribution in [3.63, 3.8) is 0 Å². The number of nitrogens with one attached hydrogen (secondary N) is 1. The number of rotatable bonds is 2. The molecule has 1 heterocycles. The molecular formula is C16H12ClNO2. The van der Waals surface area contributed by atoms with Gasteiger partial charge in [-0.05, 0) is 29.7 Å². The molecule has 0 unspecified atom stereocenters. The number of benzene rings is 2. The van der Waals surface area contributed by atoms with Gasteiger partial charge in [0.05, 0.1) is 12.7 Å². The molecule has 0 aliphatic heterocycles. The number of fused-ring (bicyclic) bond motifs is 1. The first-order valence-electron chi connectivity index (χ1n) is 6.15. The molecule has 0 radical (unpaired) electrons. The van der Waals surface area contributed by atoms with Crippen LogP contribution in [0.2, 0.25) is 5.02 Å². The zero-order chi connectivity index (χ0) is 14.1. The standard InChI is InChI=1S/C16H12ClNO2/c1-20-15-5-3-2-4-12(15)13-8-10-6-7-11(17)9-14(10)18-16(13)19/h2-9H,1H3,(H,18,19). The minimum absolute atomic E-state index is 0.163. The quantitative estimate of drug-likeness (QED) is 0.777. The van der Waals surface area contributed by atoms with Gasteiger partial charge in [-0.3, -0.25) is 4.79 Å². The topological polar surface area (TPSA) is 42.1 Å². The normalized spacial score (nSPS) is 10.7. The van der Waals surface area contributed by atoms with Crippen LogP contribution in [0, 0.1) is 0 Å². The van der Waals surface area contributed by atoms with Crippen LogP contribution in [0.25, 0.3) is 22.0 Å². The number of hydrogen-bond acceptors (Lipinski definition) is 2. The molecule has 0 saturated carbocycles. The Morgan fingerprint density at radius 3 is 2.65 bits per heavy atom. The molecule has 20 heavy (non-hydrogen) atoms. The lowest BCUT2D eigenvalue weighted by molar-refractivity contribution is 0.416. The Kier molecular flexibility index (Phi) is 3.20. The van der Waals surface area contributed by atoms with E-state index in [0.717, 1.165) is 16.5 Å². The fourth-order valence-electron chi connectivity index (χ4n) is 2.24. The number of ether oxygens (including phenoxy) is 1. The Morgan fingerprint density at radius 2 is 1.85 bits per heavy atom. The van der Waals surface area contributed by atoms with Crippen LogP contribution in [0.4, 0.5) is 0 Å². The zero-order valence-corrected chi connectivity index (χ0v) is 11.6. The van der Waals surface area contributed by atoms with Crippen molar-refractivity contribution in [2.45, 2.75) is 0 Å². The summed E-state index contributed by atoms with van der Waals surface area (Å²) < 4.78 is 5.31. The number of H-pyrrole nitrogens is 1. The summed E-state index contributed by atoms with van der Waals surface area (Å²) in [5, 5.41) is 1.52. The number of pyridine rings is 1. The van der Waals surface area contributed by atoms with Gasteiger partial charge in [0, 0.05) is 16.1 Å². The van der Waals surface area contributed by atoms with Crippen molar-refractivity contribution in [2.75, 3.05) is 7.11 Å². The van der Waals surface area contributed by atoms with E-state index in [1.807, 2.05) is 36.4 Å². The molecule has 3 nitrogen and oxygen atoms in total. The first-order valence-corrected chi connectivity index (χ1v) is 6.53. The van der Waals surface area contributed by atoms with Crippen LogP contribution in [-0.4, -0.2) is 12.1 Å². The second-order valence-corrected chi connectivity index (χ2v) is 4.88. The van der Waals surface area contributed by atoms with E-state index < -0.39 is 0 Å². The summed E-state index contributed by atoms with van der Waals surface area (Å²) in [6.45, 7) is 0. The van der Waals surface area contributed by atoms with Crippen molar-refractivity contribution >= 4 is 22.5 Å². The van der Waals surface area contributed by atoms with Gasteiger partial charge in [-0.2, -0.15) is 0 Å². The molecule has 0 aliphatic rings. The van der Waals surface area contributed by atoms with Crippen LogP contribution < -0.4 is 10.3 Å². The molecule has 0 saturated heterocycles. The summed E-state index contributed by atoms with van der Waals surface area (Å²) in [5.74, 6) is 0.673. The highest BCUT2D eigenvalue weighted by Crippen LogP contribution is 2.29. The molecule has 0 bridgehead atoms. The summed E-state index contributed by atoms with van der Waals surface area (Å²) in [6, 6.07) is 14.7. The van der Waals surface area contributed by atoms with Crippen molar-refractivity contribution in [2.24, 2.45) is 0 Å². The molecule has 1 aromatic heterocycles. The predicted octanol–water partition coefficient (Wildman–Crippen LogP) is 3.86. The fourth-order valence-corrected chi connectivity index (χ4v) is 2.41. The van der Waals surface area contributed by atoms with E-state index in [1.165, 1.54) is 0 Å². The van der Waals surface area contributed by atoms with E-state index in [-0.39, 0.29) is 5.56 Å². The van der Waals surface area contributed by atoms with E-state index in [1.54, 1.807) is 19.2 Å². The number of para-hydroxylation sites is 1. The van der Waals surface area contributed by atoms with E-state index in [9.17, 15) is 4.79 Å². The largest absolute Gasteiger partial charge is 0.496 e. The van der Waals surface area contributed by atoms with Gasteiger partial charge < -0.3 is 9.72 Å². The summed E-state index contributed by atoms with van der Waals surface area (Å²) in [5.41, 5.74) is 1.91. The van der Waals surface area contributed by atoms with Crippen molar-refractivity contribution in [3.8, 4) is 16.9 Å². The lowest BCUT2D eigenvalue weighted by Crippen LogP contribution is -2.09. The Bertz CT molecular complexity index is 839. The van der Waals surface area contributed by atoms with Crippen molar-refractivity contribution < 1.29 is 4.74 Å². The molecule has 3 aromatic rings. The van der Waals surface area contributed by atoms with Crippen molar-refractivity contribution in [1.82, 2.24) is 4.98 Å². The van der Waals surface area contributed by atoms with Gasteiger partial charge in [-0.1, -0.05) is 35.9 Å². The zero-order valence-electron chi connectivity index (χ0n) is 10.8. The van der Waals surface area contributed by atoms with Crippen LogP contribution in [0.5, 0.6) is 5.75 Å². The van der Waals surface area contributed by atoms with Crippen molar-refractivity contribution in [1.29, 1.82) is 0 Å². The van der Waals surface area contributed by atoms with Gasteiger partial charge in [0.15, 0.2) is 0 Å². The highest BCUT2D eigenvalue weighted by molar-refractivity contribution is 6.31. The summed E-state index contributed by atoms with van der Waals surface area (Å²) >= 11 is 5.93. The van der Waals surface area contributed by atoms with E-state index >= 15 is 0 Å². The van der Waals surface area contributed by atoms with Crippen LogP contribution in [0.15, 0.2) is 53.3 Å². The predicted molar refractivity (Wildman–Crippen MR) is 81.6 cm³/mol. The first kappa shape index (κ1) is 12.8. The maximum Gasteiger partial charge on any atom is 0.256 e. The summed E-state index contributed by atoms with van der Waals surface area (Å²) in [6.07, 6.45) is 0. The second kappa shape index (κ2) is 5.02. The third kappa shape index (κ3) is 2.17. The van der Waals surface area contributed by atoms with Gasteiger partial charge in [0.2, 0.25) is 0 Å². The monoisotopic (exact) mass is 285 g/mol. The maximum absolute atomic E-state index is 12.3. The number of halogens is 1. The van der Waals surface area contributed by atoms with E-state index in [4.69, 9.17) is 16.3 Å². The Hall–Kier alpha value is -2.26. The smallest absolute Gasteiger partial charge is 0.256 e. The molecule has 1 N–H and O–H groups in total. The van der Waals surface area contributed by atoms with E-state index in [2.05, 4.69) is 4.98 Å². The van der Waals surface area contributed by atoms with E-state index in [0.29, 0.717) is 16.3 Å². The second-order valence-electron chi connectivity index (χ2n) is 4.44. The third-order valence-electron chi connectivity index (χ3n) is 3.21. The summed E-state index contributed by atoms with van der Waals surface area (Å²) in [4.78, 5) is 15.1. The number of hydrogen-bond donors (Lipinski definition) is 1. The van der Waals surface area contributed by atoms with Gasteiger partial charge in [0.1, 0.15) is 5.75 Å². The molecule has 0 amide bonds. The van der Waals surface area contributed by atoms with Crippen LogP contribution in [0.3, 0.4) is 0 Å².